The largest absolute Gasteiger partial charge is 0.297 e. The molecule has 3 heteroatoms. The molecule has 0 fully saturated rings. The Hall–Kier alpha value is -0.980. The Morgan fingerprint density at radius 3 is 2.60 bits per heavy atom. The number of thioether (sulfide) groups is 1. The van der Waals surface area contributed by atoms with Gasteiger partial charge in [0.05, 0.1) is 6.07 Å². The smallest absolute Gasteiger partial charge is 0.106 e. The number of hydrogen-bond acceptors (Lipinski definition) is 3. The van der Waals surface area contributed by atoms with Crippen LogP contribution in [0, 0.1) is 18.3 Å². The van der Waals surface area contributed by atoms with Gasteiger partial charge in [0.2, 0.25) is 0 Å². The fraction of sp³-hybridized carbons (Fsp3) is 0.588. The third-order valence-electron chi connectivity index (χ3n) is 3.48. The molecule has 0 aromatic heterocycles. The molecule has 0 amide bonds. The Bertz CT molecular complexity index is 451. The van der Waals surface area contributed by atoms with Gasteiger partial charge in [0, 0.05) is 10.9 Å². The molecule has 0 saturated heterocycles. The molecule has 0 aliphatic carbocycles. The van der Waals surface area contributed by atoms with Crippen molar-refractivity contribution < 1.29 is 0 Å². The van der Waals surface area contributed by atoms with Crippen molar-refractivity contribution in [2.75, 3.05) is 5.75 Å². The Kier molecular flexibility index (Phi) is 7.12. The highest BCUT2D eigenvalue weighted by atomic mass is 32.2. The minimum atomic E-state index is -0.361. The van der Waals surface area contributed by atoms with Gasteiger partial charge in [-0.05, 0) is 57.4 Å². The molecule has 1 aromatic carbocycles. The van der Waals surface area contributed by atoms with E-state index in [1.165, 1.54) is 10.5 Å². The van der Waals surface area contributed by atoms with Crippen LogP contribution in [0.4, 0.5) is 0 Å². The second-order valence-corrected chi connectivity index (χ2v) is 6.70. The fourth-order valence-electron chi connectivity index (χ4n) is 2.35. The summed E-state index contributed by atoms with van der Waals surface area (Å²) in [7, 11) is 0. The van der Waals surface area contributed by atoms with Crippen LogP contribution in [0.25, 0.3) is 0 Å². The van der Waals surface area contributed by atoms with Gasteiger partial charge in [-0.2, -0.15) is 5.26 Å². The zero-order valence-electron chi connectivity index (χ0n) is 13.1. The van der Waals surface area contributed by atoms with Gasteiger partial charge in [-0.25, -0.2) is 0 Å². The molecule has 1 unspecified atom stereocenters. The van der Waals surface area contributed by atoms with Crippen molar-refractivity contribution in [2.45, 2.75) is 63.4 Å². The Morgan fingerprint density at radius 2 is 2.05 bits per heavy atom. The van der Waals surface area contributed by atoms with Crippen LogP contribution in [0.15, 0.2) is 29.2 Å². The molecule has 0 heterocycles. The molecule has 0 saturated carbocycles. The summed E-state index contributed by atoms with van der Waals surface area (Å²) < 4.78 is 0. The van der Waals surface area contributed by atoms with Gasteiger partial charge in [0.1, 0.15) is 5.54 Å². The molecule has 110 valence electrons. The Morgan fingerprint density at radius 1 is 1.35 bits per heavy atom. The summed E-state index contributed by atoms with van der Waals surface area (Å²) in [5.41, 5.74) is 0.973. The fourth-order valence-corrected chi connectivity index (χ4v) is 3.32. The van der Waals surface area contributed by atoms with Crippen LogP contribution in [0.1, 0.15) is 45.6 Å². The van der Waals surface area contributed by atoms with Gasteiger partial charge < -0.3 is 0 Å². The Balaban J connectivity index is 2.46. The molecule has 1 atom stereocenters. The second kappa shape index (κ2) is 8.34. The number of benzene rings is 1. The maximum absolute atomic E-state index is 9.47. The monoisotopic (exact) mass is 290 g/mol. The lowest BCUT2D eigenvalue weighted by Gasteiger charge is -2.29. The maximum atomic E-state index is 9.47. The van der Waals surface area contributed by atoms with Crippen LogP contribution in [0.5, 0.6) is 0 Å². The van der Waals surface area contributed by atoms with Crippen molar-refractivity contribution in [3.05, 3.63) is 29.8 Å². The predicted molar refractivity (Wildman–Crippen MR) is 88.0 cm³/mol. The quantitative estimate of drug-likeness (QED) is 0.564. The van der Waals surface area contributed by atoms with Crippen molar-refractivity contribution in [3.63, 3.8) is 0 Å². The maximum Gasteiger partial charge on any atom is 0.106 e. The van der Waals surface area contributed by atoms with E-state index >= 15 is 0 Å². The van der Waals surface area contributed by atoms with Gasteiger partial charge in [-0.3, -0.25) is 5.32 Å². The molecule has 0 spiro atoms. The van der Waals surface area contributed by atoms with Crippen LogP contribution in [0.2, 0.25) is 0 Å². The minimum absolute atomic E-state index is 0.346. The van der Waals surface area contributed by atoms with Gasteiger partial charge in [0.15, 0.2) is 0 Å². The van der Waals surface area contributed by atoms with E-state index in [0.717, 1.165) is 25.0 Å². The number of hydrogen-bond donors (Lipinski definition) is 1. The van der Waals surface area contributed by atoms with Crippen LogP contribution in [0.3, 0.4) is 0 Å². The number of nitriles is 1. The van der Waals surface area contributed by atoms with E-state index in [9.17, 15) is 5.26 Å². The molecule has 1 N–H and O–H groups in total. The van der Waals surface area contributed by atoms with E-state index in [-0.39, 0.29) is 5.54 Å². The first-order valence-electron chi connectivity index (χ1n) is 7.40. The molecular weight excluding hydrogens is 264 g/mol. The zero-order valence-corrected chi connectivity index (χ0v) is 13.9. The third kappa shape index (κ3) is 5.19. The standard InChI is InChI=1S/C17H26N2S/c1-5-17(13-18,19-14(2)3)11-8-12-20-16-10-7-6-9-15(16)4/h6-7,9-10,14,19H,5,8,11-12H2,1-4H3. The van der Waals surface area contributed by atoms with Gasteiger partial charge >= 0.3 is 0 Å². The summed E-state index contributed by atoms with van der Waals surface area (Å²) >= 11 is 1.89. The molecular formula is C17H26N2S. The van der Waals surface area contributed by atoms with E-state index in [4.69, 9.17) is 0 Å². The molecule has 1 aromatic rings. The van der Waals surface area contributed by atoms with E-state index in [1.807, 2.05) is 11.8 Å². The minimum Gasteiger partial charge on any atom is -0.297 e. The normalized spacial score (nSPS) is 14.0. The first kappa shape index (κ1) is 17.1. The summed E-state index contributed by atoms with van der Waals surface area (Å²) in [6.45, 7) is 8.44. The molecule has 0 bridgehead atoms. The number of rotatable bonds is 8. The van der Waals surface area contributed by atoms with E-state index in [1.54, 1.807) is 0 Å². The highest BCUT2D eigenvalue weighted by Gasteiger charge is 2.27. The van der Waals surface area contributed by atoms with Crippen LogP contribution in [-0.4, -0.2) is 17.3 Å². The molecule has 2 nitrogen and oxygen atoms in total. The van der Waals surface area contributed by atoms with Crippen LogP contribution < -0.4 is 5.32 Å². The van der Waals surface area contributed by atoms with E-state index in [2.05, 4.69) is 63.3 Å². The second-order valence-electron chi connectivity index (χ2n) is 5.56. The number of aryl methyl sites for hydroxylation is 1. The summed E-state index contributed by atoms with van der Waals surface area (Å²) in [5, 5.41) is 12.9. The highest BCUT2D eigenvalue weighted by molar-refractivity contribution is 7.99. The first-order valence-corrected chi connectivity index (χ1v) is 8.39. The zero-order chi connectivity index (χ0) is 15.0. The van der Waals surface area contributed by atoms with Crippen molar-refractivity contribution in [1.82, 2.24) is 5.32 Å². The lowest BCUT2D eigenvalue weighted by molar-refractivity contribution is 0.341. The number of nitrogens with zero attached hydrogens (tertiary/aromatic N) is 1. The lowest BCUT2D eigenvalue weighted by Crippen LogP contribution is -2.47. The van der Waals surface area contributed by atoms with E-state index in [0.29, 0.717) is 6.04 Å². The molecule has 0 radical (unpaired) electrons. The van der Waals surface area contributed by atoms with Crippen LogP contribution in [-0.2, 0) is 0 Å². The molecule has 20 heavy (non-hydrogen) atoms. The van der Waals surface area contributed by atoms with Crippen LogP contribution >= 0.6 is 11.8 Å². The first-order chi connectivity index (χ1) is 9.53. The van der Waals surface area contributed by atoms with Crippen molar-refractivity contribution >= 4 is 11.8 Å². The summed E-state index contributed by atoms with van der Waals surface area (Å²) in [4.78, 5) is 1.35. The number of nitrogens with one attached hydrogen (secondary N) is 1. The van der Waals surface area contributed by atoms with Crippen molar-refractivity contribution in [2.24, 2.45) is 0 Å². The van der Waals surface area contributed by atoms with Crippen molar-refractivity contribution in [3.8, 4) is 6.07 Å². The average molecular weight is 290 g/mol. The third-order valence-corrected chi connectivity index (χ3v) is 4.74. The predicted octanol–water partition coefficient (Wildman–Crippen LogP) is 4.54. The van der Waals surface area contributed by atoms with Gasteiger partial charge in [-0.15, -0.1) is 11.8 Å². The molecule has 0 aliphatic rings. The topological polar surface area (TPSA) is 35.8 Å². The SMILES string of the molecule is CCC(C#N)(CCCSc1ccccc1C)NC(C)C. The van der Waals surface area contributed by atoms with Crippen molar-refractivity contribution in [1.29, 1.82) is 5.26 Å². The van der Waals surface area contributed by atoms with E-state index < -0.39 is 0 Å². The lowest BCUT2D eigenvalue weighted by atomic mass is 9.91. The molecule has 1 rings (SSSR count). The summed E-state index contributed by atoms with van der Waals surface area (Å²) in [6.07, 6.45) is 2.83. The average Bonchev–Trinajstić information content (AvgIpc) is 2.43. The molecule has 0 aliphatic heterocycles. The summed E-state index contributed by atoms with van der Waals surface area (Å²) in [5.74, 6) is 1.06. The van der Waals surface area contributed by atoms with Gasteiger partial charge in [-0.1, -0.05) is 25.1 Å². The van der Waals surface area contributed by atoms with Gasteiger partial charge in [0.25, 0.3) is 0 Å². The summed E-state index contributed by atoms with van der Waals surface area (Å²) in [6, 6.07) is 11.3. The Labute approximate surface area is 128 Å². The highest BCUT2D eigenvalue weighted by Crippen LogP contribution is 2.25.